The maximum Gasteiger partial charge on any atom is 0.235 e. The van der Waals surface area contributed by atoms with Crippen molar-refractivity contribution >= 4 is 28.5 Å². The first-order chi connectivity index (χ1) is 5.61. The topological polar surface area (TPSA) is 20.3 Å². The van der Waals surface area contributed by atoms with Crippen LogP contribution in [0.3, 0.4) is 0 Å². The smallest absolute Gasteiger partial charge is 0.235 e. The lowest BCUT2D eigenvalue weighted by Crippen LogP contribution is -2.42. The number of hydrogen-bond acceptors (Lipinski definition) is 1. The lowest BCUT2D eigenvalue weighted by atomic mass is 10.1. The van der Waals surface area contributed by atoms with Gasteiger partial charge in [-0.25, -0.2) is 0 Å². The Bertz CT molecular complexity index is 203. The number of hydrogen-bond donors (Lipinski definition) is 0. The molecule has 0 aromatic rings. The van der Waals surface area contributed by atoms with Gasteiger partial charge in [-0.05, 0) is 19.8 Å². The minimum Gasteiger partial charge on any atom is -0.338 e. The predicted octanol–water partition coefficient (Wildman–Crippen LogP) is 1.99. The van der Waals surface area contributed by atoms with Gasteiger partial charge in [0, 0.05) is 13.1 Å². The minimum absolute atomic E-state index is 0.190. The molecule has 0 aromatic heterocycles. The molecule has 1 fully saturated rings. The van der Waals surface area contributed by atoms with Crippen LogP contribution < -0.4 is 0 Å². The summed E-state index contributed by atoms with van der Waals surface area (Å²) in [6.07, 6.45) is 2.17. The van der Waals surface area contributed by atoms with Crippen molar-refractivity contribution in [2.75, 3.05) is 13.1 Å². The lowest BCUT2D eigenvalue weighted by molar-refractivity contribution is -0.131. The third kappa shape index (κ3) is 2.47. The van der Waals surface area contributed by atoms with Crippen molar-refractivity contribution in [2.45, 2.75) is 23.7 Å². The van der Waals surface area contributed by atoms with Crippen LogP contribution in [0.5, 0.6) is 0 Å². The van der Waals surface area contributed by atoms with Gasteiger partial charge < -0.3 is 4.90 Å². The molecule has 0 radical (unpaired) electrons. The van der Waals surface area contributed by atoms with E-state index in [1.165, 1.54) is 0 Å². The zero-order valence-electron chi connectivity index (χ0n) is 7.35. The van der Waals surface area contributed by atoms with Crippen LogP contribution in [0.2, 0.25) is 0 Å². The molecule has 68 valence electrons. The van der Waals surface area contributed by atoms with Crippen molar-refractivity contribution in [3.05, 3.63) is 12.2 Å². The van der Waals surface area contributed by atoms with Gasteiger partial charge in [-0.3, -0.25) is 4.79 Å². The summed E-state index contributed by atoms with van der Waals surface area (Å²) >= 11 is 2.22. The second-order valence-electron chi connectivity index (χ2n) is 3.33. The first-order valence-corrected chi connectivity index (χ1v) is 5.43. The van der Waals surface area contributed by atoms with E-state index in [0.717, 1.165) is 31.5 Å². The first-order valence-electron chi connectivity index (χ1n) is 4.18. The molecule has 1 rings (SSSR count). The summed E-state index contributed by atoms with van der Waals surface area (Å²) < 4.78 is 0.190. The number of nitrogens with zero attached hydrogens (tertiary/aromatic N) is 1. The Hall–Kier alpha value is -0.0600. The zero-order chi connectivity index (χ0) is 9.14. The predicted molar refractivity (Wildman–Crippen MR) is 58.4 cm³/mol. The maximum atomic E-state index is 11.5. The Morgan fingerprint density at radius 2 is 2.50 bits per heavy atom. The summed E-state index contributed by atoms with van der Waals surface area (Å²) in [5.74, 6) is 0.282. The fraction of sp³-hybridized carbons (Fsp3) is 0.667. The van der Waals surface area contributed by atoms with Gasteiger partial charge in [-0.15, -0.1) is 0 Å². The van der Waals surface area contributed by atoms with E-state index in [1.54, 1.807) is 0 Å². The summed E-state index contributed by atoms with van der Waals surface area (Å²) in [7, 11) is 0. The van der Waals surface area contributed by atoms with Gasteiger partial charge in [0.05, 0.1) is 3.92 Å². The molecule has 12 heavy (non-hydrogen) atoms. The molecule has 2 nitrogen and oxygen atoms in total. The lowest BCUT2D eigenvalue weighted by Gasteiger charge is -2.29. The SMILES string of the molecule is C=C(C)CN1CCCC(I)C1=O. The van der Waals surface area contributed by atoms with Crippen molar-refractivity contribution in [2.24, 2.45) is 0 Å². The highest BCUT2D eigenvalue weighted by atomic mass is 127. The van der Waals surface area contributed by atoms with E-state index in [2.05, 4.69) is 29.2 Å². The van der Waals surface area contributed by atoms with Crippen LogP contribution in [-0.4, -0.2) is 27.8 Å². The Labute approximate surface area is 87.1 Å². The molecule has 3 heteroatoms. The van der Waals surface area contributed by atoms with E-state index in [-0.39, 0.29) is 9.83 Å². The molecule has 0 saturated carbocycles. The van der Waals surface area contributed by atoms with Gasteiger partial charge in [-0.1, -0.05) is 34.7 Å². The number of amides is 1. The molecule has 0 spiro atoms. The van der Waals surface area contributed by atoms with Crippen LogP contribution in [0, 0.1) is 0 Å². The van der Waals surface area contributed by atoms with E-state index in [9.17, 15) is 4.79 Å². The Morgan fingerprint density at radius 1 is 1.83 bits per heavy atom. The van der Waals surface area contributed by atoms with Crippen LogP contribution in [0.1, 0.15) is 19.8 Å². The molecular weight excluding hydrogens is 265 g/mol. The zero-order valence-corrected chi connectivity index (χ0v) is 9.50. The number of carbonyl (C=O) groups excluding carboxylic acids is 1. The van der Waals surface area contributed by atoms with Gasteiger partial charge in [0.15, 0.2) is 0 Å². The summed E-state index contributed by atoms with van der Waals surface area (Å²) in [6.45, 7) is 7.42. The van der Waals surface area contributed by atoms with Crippen molar-refractivity contribution < 1.29 is 4.79 Å². The Morgan fingerprint density at radius 3 is 3.08 bits per heavy atom. The normalized spacial score (nSPS) is 24.3. The summed E-state index contributed by atoms with van der Waals surface area (Å²) in [6, 6.07) is 0. The number of likely N-dealkylation sites (tertiary alicyclic amines) is 1. The van der Waals surface area contributed by atoms with Crippen LogP contribution in [-0.2, 0) is 4.79 Å². The van der Waals surface area contributed by atoms with E-state index >= 15 is 0 Å². The van der Waals surface area contributed by atoms with Crippen molar-refractivity contribution in [3.8, 4) is 0 Å². The molecular formula is C9H14INO. The number of alkyl halides is 1. The number of halogens is 1. The minimum atomic E-state index is 0.190. The largest absolute Gasteiger partial charge is 0.338 e. The third-order valence-corrected chi connectivity index (χ3v) is 3.08. The molecule has 0 bridgehead atoms. The summed E-state index contributed by atoms with van der Waals surface area (Å²) in [5, 5.41) is 0. The highest BCUT2D eigenvalue weighted by Crippen LogP contribution is 2.19. The van der Waals surface area contributed by atoms with Gasteiger partial charge >= 0.3 is 0 Å². The molecule has 1 heterocycles. The van der Waals surface area contributed by atoms with E-state index in [0.29, 0.717) is 0 Å². The van der Waals surface area contributed by atoms with Crippen LogP contribution in [0.25, 0.3) is 0 Å². The molecule has 1 saturated heterocycles. The first kappa shape index (κ1) is 10.0. The Balaban J connectivity index is 2.52. The number of rotatable bonds is 2. The number of piperidine rings is 1. The monoisotopic (exact) mass is 279 g/mol. The number of carbonyl (C=O) groups is 1. The van der Waals surface area contributed by atoms with Gasteiger partial charge in [-0.2, -0.15) is 0 Å². The van der Waals surface area contributed by atoms with Crippen molar-refractivity contribution in [3.63, 3.8) is 0 Å². The highest BCUT2D eigenvalue weighted by molar-refractivity contribution is 14.1. The maximum absolute atomic E-state index is 11.5. The highest BCUT2D eigenvalue weighted by Gasteiger charge is 2.25. The fourth-order valence-corrected chi connectivity index (χ4v) is 2.21. The average molecular weight is 279 g/mol. The Kier molecular flexibility index (Phi) is 3.55. The second-order valence-corrected chi connectivity index (χ2v) is 4.83. The van der Waals surface area contributed by atoms with E-state index in [1.807, 2.05) is 11.8 Å². The van der Waals surface area contributed by atoms with Crippen molar-refractivity contribution in [1.29, 1.82) is 0 Å². The standard InChI is InChI=1S/C9H14INO/c1-7(2)6-11-5-3-4-8(10)9(11)12/h8H,1,3-6H2,2H3. The average Bonchev–Trinajstić information content (AvgIpc) is 1.98. The molecule has 1 aliphatic rings. The summed E-state index contributed by atoms with van der Waals surface area (Å²) in [4.78, 5) is 13.4. The van der Waals surface area contributed by atoms with Crippen LogP contribution in [0.15, 0.2) is 12.2 Å². The molecule has 1 unspecified atom stereocenters. The molecule has 0 aliphatic carbocycles. The second kappa shape index (κ2) is 4.25. The summed E-state index contributed by atoms with van der Waals surface area (Å²) in [5.41, 5.74) is 1.06. The molecule has 1 aliphatic heterocycles. The third-order valence-electron chi connectivity index (χ3n) is 1.93. The van der Waals surface area contributed by atoms with E-state index < -0.39 is 0 Å². The van der Waals surface area contributed by atoms with Crippen molar-refractivity contribution in [1.82, 2.24) is 4.90 Å². The fourth-order valence-electron chi connectivity index (χ4n) is 1.38. The molecule has 1 atom stereocenters. The van der Waals surface area contributed by atoms with E-state index in [4.69, 9.17) is 0 Å². The molecule has 1 amide bonds. The van der Waals surface area contributed by atoms with Crippen LogP contribution >= 0.6 is 22.6 Å². The quantitative estimate of drug-likeness (QED) is 0.430. The van der Waals surface area contributed by atoms with Gasteiger partial charge in [0.2, 0.25) is 5.91 Å². The molecule has 0 N–H and O–H groups in total. The van der Waals surface area contributed by atoms with Gasteiger partial charge in [0.1, 0.15) is 0 Å². The van der Waals surface area contributed by atoms with Gasteiger partial charge in [0.25, 0.3) is 0 Å². The molecule has 0 aromatic carbocycles. The van der Waals surface area contributed by atoms with Crippen LogP contribution in [0.4, 0.5) is 0 Å².